The minimum Gasteiger partial charge on any atom is -0.485 e. The van der Waals surface area contributed by atoms with Crippen LogP contribution in [0, 0.1) is 11.8 Å². The number of nitrogens with zero attached hydrogens (tertiary/aromatic N) is 1. The van der Waals surface area contributed by atoms with E-state index in [1.165, 1.54) is 32.4 Å². The van der Waals surface area contributed by atoms with Gasteiger partial charge in [-0.05, 0) is 63.7 Å². The number of para-hydroxylation sites is 1. The predicted octanol–water partition coefficient (Wildman–Crippen LogP) is 6.02. The summed E-state index contributed by atoms with van der Waals surface area (Å²) in [5.74, 6) is -3.05. The van der Waals surface area contributed by atoms with E-state index < -0.39 is 29.3 Å². The standard InChI is InChI=1S/C28H33NO5.C5H11N/c1-6-28(4)23(27(32)33)22(21(26(30)31)17(3)29(28)5)20-14-10-13-19-15-16(2)24(34-25(19)20)18-11-8-7-9-12-18;1-2-4-6-5-3-1/h7-14,16,22-24H,6,15H2,1-5H3,(H,30,31)(H,32,33);6H,1-5H2. The predicted molar refractivity (Wildman–Crippen MR) is 157 cm³/mol. The molecule has 0 spiro atoms. The second kappa shape index (κ2) is 12.5. The minimum absolute atomic E-state index is 0.118. The number of fused-ring (bicyclic) bond motifs is 1. The number of nitrogens with one attached hydrogen (secondary N) is 1. The van der Waals surface area contributed by atoms with Crippen LogP contribution in [0.15, 0.2) is 59.8 Å². The molecule has 0 aromatic heterocycles. The topological polar surface area (TPSA) is 99.1 Å². The van der Waals surface area contributed by atoms with Crippen LogP contribution < -0.4 is 10.1 Å². The Kier molecular flexibility index (Phi) is 9.24. The Morgan fingerprint density at radius 2 is 1.73 bits per heavy atom. The number of aliphatic carboxylic acids is 2. The average Bonchev–Trinajstić information content (AvgIpc) is 2.96. The van der Waals surface area contributed by atoms with Gasteiger partial charge in [-0.15, -0.1) is 0 Å². The maximum absolute atomic E-state index is 12.8. The molecule has 40 heavy (non-hydrogen) atoms. The molecule has 3 heterocycles. The van der Waals surface area contributed by atoms with E-state index in [2.05, 4.69) is 12.2 Å². The van der Waals surface area contributed by atoms with E-state index >= 15 is 0 Å². The fourth-order valence-corrected chi connectivity index (χ4v) is 6.70. The molecule has 0 radical (unpaired) electrons. The van der Waals surface area contributed by atoms with Crippen LogP contribution in [0.3, 0.4) is 0 Å². The fourth-order valence-electron chi connectivity index (χ4n) is 6.70. The number of benzene rings is 2. The highest BCUT2D eigenvalue weighted by Gasteiger charge is 2.54. The number of ether oxygens (including phenoxy) is 1. The number of carboxylic acid groups (broad SMARTS) is 2. The summed E-state index contributed by atoms with van der Waals surface area (Å²) >= 11 is 0. The van der Waals surface area contributed by atoms with Crippen molar-refractivity contribution in [3.05, 3.63) is 76.5 Å². The number of hydrogen-bond donors (Lipinski definition) is 3. The average molecular weight is 549 g/mol. The second-order valence-corrected chi connectivity index (χ2v) is 11.6. The molecule has 2 aromatic carbocycles. The lowest BCUT2D eigenvalue weighted by Crippen LogP contribution is -2.57. The van der Waals surface area contributed by atoms with Crippen molar-refractivity contribution in [2.45, 2.75) is 77.4 Å². The largest absolute Gasteiger partial charge is 0.485 e. The van der Waals surface area contributed by atoms with Gasteiger partial charge in [-0.1, -0.05) is 68.8 Å². The molecule has 7 heteroatoms. The molecule has 5 rings (SSSR count). The van der Waals surface area contributed by atoms with Crippen molar-refractivity contribution in [1.82, 2.24) is 10.2 Å². The van der Waals surface area contributed by atoms with Crippen LogP contribution in [-0.4, -0.2) is 52.7 Å². The highest BCUT2D eigenvalue weighted by atomic mass is 16.5. The van der Waals surface area contributed by atoms with E-state index in [1.807, 2.05) is 67.3 Å². The Labute approximate surface area is 238 Å². The summed E-state index contributed by atoms with van der Waals surface area (Å²) in [6.07, 6.45) is 5.34. The lowest BCUT2D eigenvalue weighted by Gasteiger charge is -2.52. The third kappa shape index (κ3) is 5.62. The van der Waals surface area contributed by atoms with Crippen molar-refractivity contribution in [2.75, 3.05) is 20.1 Å². The van der Waals surface area contributed by atoms with Gasteiger partial charge in [0.25, 0.3) is 0 Å². The van der Waals surface area contributed by atoms with Crippen molar-refractivity contribution < 1.29 is 24.5 Å². The summed E-state index contributed by atoms with van der Waals surface area (Å²) in [5, 5.41) is 24.0. The summed E-state index contributed by atoms with van der Waals surface area (Å²) in [5.41, 5.74) is 2.62. The van der Waals surface area contributed by atoms with E-state index in [0.29, 0.717) is 23.4 Å². The Balaban J connectivity index is 0.000000546. The van der Waals surface area contributed by atoms with Gasteiger partial charge in [0.2, 0.25) is 0 Å². The van der Waals surface area contributed by atoms with Gasteiger partial charge < -0.3 is 25.2 Å². The molecule has 5 unspecified atom stereocenters. The van der Waals surface area contributed by atoms with Gasteiger partial charge in [-0.25, -0.2) is 4.79 Å². The Hall–Kier alpha value is -3.32. The SMILES string of the molecule is C1CCNCC1.CCC1(C)C(C(=O)O)C(c2cccc3c2OC(c2ccccc2)C(C)C3)C(C(=O)O)=C(C)N1C. The Morgan fingerprint density at radius 1 is 1.05 bits per heavy atom. The smallest absolute Gasteiger partial charge is 0.333 e. The van der Waals surface area contributed by atoms with Crippen LogP contribution >= 0.6 is 0 Å². The number of carbonyl (C=O) groups is 2. The normalized spacial score (nSPS) is 28.1. The van der Waals surface area contributed by atoms with Gasteiger partial charge >= 0.3 is 11.9 Å². The molecule has 2 aromatic rings. The first-order valence-corrected chi connectivity index (χ1v) is 14.6. The van der Waals surface area contributed by atoms with Crippen LogP contribution in [0.25, 0.3) is 0 Å². The zero-order valence-corrected chi connectivity index (χ0v) is 24.4. The van der Waals surface area contributed by atoms with Crippen molar-refractivity contribution in [2.24, 2.45) is 11.8 Å². The monoisotopic (exact) mass is 548 g/mol. The third-order valence-corrected chi connectivity index (χ3v) is 9.29. The van der Waals surface area contributed by atoms with Gasteiger partial charge in [0.05, 0.1) is 17.0 Å². The number of piperidine rings is 1. The van der Waals surface area contributed by atoms with Gasteiger partial charge in [0, 0.05) is 30.1 Å². The molecule has 0 aliphatic carbocycles. The molecular formula is C33H44N2O5. The molecule has 3 N–H and O–H groups in total. The molecule has 0 bridgehead atoms. The fraction of sp³-hybridized carbons (Fsp3) is 0.515. The molecule has 0 amide bonds. The summed E-state index contributed by atoms with van der Waals surface area (Å²) < 4.78 is 6.61. The van der Waals surface area contributed by atoms with Crippen LogP contribution in [-0.2, 0) is 16.0 Å². The van der Waals surface area contributed by atoms with E-state index in [0.717, 1.165) is 17.5 Å². The van der Waals surface area contributed by atoms with Gasteiger partial charge in [0.1, 0.15) is 11.9 Å². The molecule has 216 valence electrons. The molecule has 5 atom stereocenters. The molecule has 1 fully saturated rings. The van der Waals surface area contributed by atoms with Crippen LogP contribution in [0.2, 0.25) is 0 Å². The van der Waals surface area contributed by atoms with Crippen molar-refractivity contribution in [3.63, 3.8) is 0 Å². The number of rotatable bonds is 5. The zero-order chi connectivity index (χ0) is 29.0. The van der Waals surface area contributed by atoms with Crippen LogP contribution in [0.4, 0.5) is 0 Å². The summed E-state index contributed by atoms with van der Waals surface area (Å²) in [4.78, 5) is 27.1. The molecule has 0 saturated carbocycles. The zero-order valence-electron chi connectivity index (χ0n) is 24.4. The highest BCUT2D eigenvalue weighted by Crippen LogP contribution is 2.53. The lowest BCUT2D eigenvalue weighted by atomic mass is 9.65. The number of carboxylic acids is 2. The van der Waals surface area contributed by atoms with E-state index in [4.69, 9.17) is 4.74 Å². The van der Waals surface area contributed by atoms with Crippen LogP contribution in [0.5, 0.6) is 5.75 Å². The molecule has 3 aliphatic heterocycles. The summed E-state index contributed by atoms with van der Waals surface area (Å²) in [6, 6.07) is 15.7. The first kappa shape index (κ1) is 29.7. The first-order chi connectivity index (χ1) is 19.1. The number of allylic oxidation sites excluding steroid dienone is 1. The summed E-state index contributed by atoms with van der Waals surface area (Å²) in [6.45, 7) is 10.3. The van der Waals surface area contributed by atoms with Gasteiger partial charge in [-0.2, -0.15) is 0 Å². The highest BCUT2D eigenvalue weighted by molar-refractivity contribution is 5.92. The van der Waals surface area contributed by atoms with Crippen LogP contribution in [0.1, 0.15) is 82.1 Å². The van der Waals surface area contributed by atoms with E-state index in [9.17, 15) is 19.8 Å². The van der Waals surface area contributed by atoms with E-state index in [1.54, 1.807) is 14.0 Å². The van der Waals surface area contributed by atoms with Crippen molar-refractivity contribution in [3.8, 4) is 5.75 Å². The Bertz CT molecular complexity index is 1230. The van der Waals surface area contributed by atoms with Crippen molar-refractivity contribution >= 4 is 11.9 Å². The second-order valence-electron chi connectivity index (χ2n) is 11.6. The lowest BCUT2D eigenvalue weighted by molar-refractivity contribution is -0.149. The van der Waals surface area contributed by atoms with Gasteiger partial charge in [-0.3, -0.25) is 4.79 Å². The van der Waals surface area contributed by atoms with Crippen molar-refractivity contribution in [1.29, 1.82) is 0 Å². The molecular weight excluding hydrogens is 504 g/mol. The first-order valence-electron chi connectivity index (χ1n) is 14.6. The quantitative estimate of drug-likeness (QED) is 0.420. The van der Waals surface area contributed by atoms with E-state index in [-0.39, 0.29) is 17.6 Å². The molecule has 3 aliphatic rings. The molecule has 7 nitrogen and oxygen atoms in total. The van der Waals surface area contributed by atoms with Gasteiger partial charge in [0.15, 0.2) is 0 Å². The maximum Gasteiger partial charge on any atom is 0.333 e. The summed E-state index contributed by atoms with van der Waals surface area (Å²) in [7, 11) is 1.79. The number of hydrogen-bond acceptors (Lipinski definition) is 5. The Morgan fingerprint density at radius 3 is 2.25 bits per heavy atom. The third-order valence-electron chi connectivity index (χ3n) is 9.29. The maximum atomic E-state index is 12.8. The minimum atomic E-state index is -1.10. The molecule has 1 saturated heterocycles.